The summed E-state index contributed by atoms with van der Waals surface area (Å²) >= 11 is 12.8. The predicted molar refractivity (Wildman–Crippen MR) is 160 cm³/mol. The first-order valence-corrected chi connectivity index (χ1v) is 14.4. The van der Waals surface area contributed by atoms with Crippen LogP contribution in [0.5, 0.6) is 11.6 Å². The Morgan fingerprint density at radius 1 is 1.14 bits per heavy atom. The molecule has 1 fully saturated rings. The highest BCUT2D eigenvalue weighted by molar-refractivity contribution is 6.34. The van der Waals surface area contributed by atoms with E-state index in [1.165, 1.54) is 6.20 Å². The minimum Gasteiger partial charge on any atom is -0.489 e. The molecule has 1 aromatic heterocycles. The number of aromatic nitrogens is 1. The molecule has 0 saturated carbocycles. The van der Waals surface area contributed by atoms with Crippen LogP contribution in [0.15, 0.2) is 54.7 Å². The number of ether oxygens (including phenoxy) is 2. The number of rotatable bonds is 7. The summed E-state index contributed by atoms with van der Waals surface area (Å²) < 4.78 is 11.7. The van der Waals surface area contributed by atoms with Crippen LogP contribution in [0.25, 0.3) is 11.1 Å². The average molecular weight is 613 g/mol. The number of hydrogen-bond donors (Lipinski definition) is 1. The molecule has 3 heterocycles. The summed E-state index contributed by atoms with van der Waals surface area (Å²) in [6.45, 7) is 6.01. The molecule has 1 N–H and O–H groups in total. The van der Waals surface area contributed by atoms with E-state index in [9.17, 15) is 14.4 Å². The number of aliphatic carboxylic acids is 1. The number of pyridine rings is 1. The molecule has 2 aliphatic heterocycles. The van der Waals surface area contributed by atoms with Gasteiger partial charge in [0, 0.05) is 30.9 Å². The number of nitrogens with zero attached hydrogens (tertiary/aromatic N) is 3. The monoisotopic (exact) mass is 611 g/mol. The van der Waals surface area contributed by atoms with Crippen molar-refractivity contribution in [2.24, 2.45) is 0 Å². The van der Waals surface area contributed by atoms with Crippen molar-refractivity contribution in [3.63, 3.8) is 0 Å². The molecule has 3 aromatic rings. The molecule has 220 valence electrons. The number of amides is 2. The Labute approximate surface area is 253 Å². The van der Waals surface area contributed by atoms with Gasteiger partial charge < -0.3 is 24.4 Å². The Bertz CT molecular complexity index is 1540. The first-order valence-electron chi connectivity index (χ1n) is 13.7. The van der Waals surface area contributed by atoms with Gasteiger partial charge in [-0.25, -0.2) is 4.98 Å². The van der Waals surface area contributed by atoms with Crippen molar-refractivity contribution in [2.75, 3.05) is 18.0 Å². The molecule has 0 radical (unpaired) electrons. The van der Waals surface area contributed by atoms with E-state index in [4.69, 9.17) is 37.8 Å². The fourth-order valence-corrected chi connectivity index (χ4v) is 5.79. The number of halogens is 2. The van der Waals surface area contributed by atoms with Gasteiger partial charge in [-0.05, 0) is 63.4 Å². The number of carboxylic acid groups (broad SMARTS) is 1. The van der Waals surface area contributed by atoms with Crippen molar-refractivity contribution in [1.82, 2.24) is 9.88 Å². The first-order chi connectivity index (χ1) is 19.9. The molecule has 2 aliphatic rings. The summed E-state index contributed by atoms with van der Waals surface area (Å²) in [5, 5.41) is 9.78. The fraction of sp³-hybridized carbons (Fsp3) is 0.355. The minimum atomic E-state index is -1.08. The number of carbonyl (C=O) groups is 3. The lowest BCUT2D eigenvalue weighted by Gasteiger charge is -2.44. The second kappa shape index (κ2) is 11.8. The number of benzene rings is 2. The van der Waals surface area contributed by atoms with Crippen molar-refractivity contribution >= 4 is 46.7 Å². The van der Waals surface area contributed by atoms with Gasteiger partial charge in [0.2, 0.25) is 5.88 Å². The first kappa shape index (κ1) is 29.7. The van der Waals surface area contributed by atoms with Gasteiger partial charge in [0.25, 0.3) is 11.8 Å². The van der Waals surface area contributed by atoms with Crippen molar-refractivity contribution in [2.45, 2.75) is 57.8 Å². The molecule has 42 heavy (non-hydrogen) atoms. The van der Waals surface area contributed by atoms with Gasteiger partial charge in [-0.15, -0.1) is 0 Å². The average Bonchev–Trinajstić information content (AvgIpc) is 2.94. The molecular weight excluding hydrogens is 581 g/mol. The Morgan fingerprint density at radius 2 is 1.86 bits per heavy atom. The maximum Gasteiger partial charge on any atom is 0.307 e. The highest BCUT2D eigenvalue weighted by Gasteiger charge is 2.45. The zero-order valence-corrected chi connectivity index (χ0v) is 25.0. The van der Waals surface area contributed by atoms with E-state index in [1.807, 2.05) is 18.2 Å². The lowest BCUT2D eigenvalue weighted by atomic mass is 9.96. The molecule has 5 rings (SSSR count). The lowest BCUT2D eigenvalue weighted by molar-refractivity contribution is -0.138. The fourth-order valence-electron chi connectivity index (χ4n) is 5.38. The number of likely N-dealkylation sites (tertiary alicyclic amines) is 1. The van der Waals surface area contributed by atoms with E-state index in [0.717, 1.165) is 11.1 Å². The Hall–Kier alpha value is -3.82. The largest absolute Gasteiger partial charge is 0.489 e. The van der Waals surface area contributed by atoms with Crippen molar-refractivity contribution < 1.29 is 29.0 Å². The van der Waals surface area contributed by atoms with Gasteiger partial charge in [-0.3, -0.25) is 14.4 Å². The van der Waals surface area contributed by atoms with Crippen molar-refractivity contribution in [3.8, 4) is 22.8 Å². The van der Waals surface area contributed by atoms with E-state index in [2.05, 4.69) is 4.98 Å². The summed E-state index contributed by atoms with van der Waals surface area (Å²) in [7, 11) is 0. The number of piperidine rings is 1. The van der Waals surface area contributed by atoms with Gasteiger partial charge in [-0.2, -0.15) is 0 Å². The minimum absolute atomic E-state index is 0.131. The van der Waals surface area contributed by atoms with Crippen LogP contribution in [0, 0.1) is 0 Å². The second-order valence-electron chi connectivity index (χ2n) is 11.0. The van der Waals surface area contributed by atoms with Crippen LogP contribution in [-0.4, -0.2) is 63.6 Å². The van der Waals surface area contributed by atoms with Gasteiger partial charge >= 0.3 is 5.97 Å². The van der Waals surface area contributed by atoms with Crippen LogP contribution in [0.4, 0.5) is 5.69 Å². The molecule has 0 bridgehead atoms. The van der Waals surface area contributed by atoms with Crippen LogP contribution in [0.1, 0.15) is 50.4 Å². The van der Waals surface area contributed by atoms with Crippen molar-refractivity contribution in [3.05, 3.63) is 70.3 Å². The van der Waals surface area contributed by atoms with Crippen molar-refractivity contribution in [1.29, 1.82) is 0 Å². The zero-order valence-electron chi connectivity index (χ0n) is 23.5. The van der Waals surface area contributed by atoms with Gasteiger partial charge in [0.15, 0.2) is 5.60 Å². The molecule has 9 nitrogen and oxygen atoms in total. The van der Waals surface area contributed by atoms with Crippen LogP contribution < -0.4 is 14.4 Å². The quantitative estimate of drug-likeness (QED) is 0.343. The third-order valence-corrected chi connectivity index (χ3v) is 7.97. The van der Waals surface area contributed by atoms with Crippen LogP contribution in [-0.2, 0) is 9.59 Å². The summed E-state index contributed by atoms with van der Waals surface area (Å²) in [6.07, 6.45) is 1.96. The number of para-hydroxylation sites is 1. The molecule has 0 aliphatic carbocycles. The second-order valence-corrected chi connectivity index (χ2v) is 11.8. The maximum atomic E-state index is 13.5. The summed E-state index contributed by atoms with van der Waals surface area (Å²) in [6, 6.07) is 14.0. The number of anilines is 1. The van der Waals surface area contributed by atoms with Crippen LogP contribution in [0.3, 0.4) is 0 Å². The molecule has 1 saturated heterocycles. The van der Waals surface area contributed by atoms with Gasteiger partial charge in [0.05, 0.1) is 22.0 Å². The lowest BCUT2D eigenvalue weighted by Crippen LogP contribution is -2.58. The molecule has 0 spiro atoms. The number of carboxylic acids is 1. The highest BCUT2D eigenvalue weighted by Crippen LogP contribution is 2.40. The van der Waals surface area contributed by atoms with Crippen LogP contribution >= 0.6 is 23.2 Å². The third kappa shape index (κ3) is 6.03. The zero-order chi connectivity index (χ0) is 30.2. The van der Waals surface area contributed by atoms with Gasteiger partial charge in [-0.1, -0.05) is 47.5 Å². The molecular formula is C31H31Cl2N3O6. The molecule has 0 unspecified atom stereocenters. The molecule has 11 heteroatoms. The van der Waals surface area contributed by atoms with E-state index in [0.29, 0.717) is 58.9 Å². The highest BCUT2D eigenvalue weighted by atomic mass is 35.5. The number of fused-ring (bicyclic) bond motifs is 1. The van der Waals surface area contributed by atoms with E-state index in [-0.39, 0.29) is 24.3 Å². The predicted octanol–water partition coefficient (Wildman–Crippen LogP) is 6.11. The molecule has 2 amide bonds. The van der Waals surface area contributed by atoms with Gasteiger partial charge in [0.1, 0.15) is 17.5 Å². The van der Waals surface area contributed by atoms with E-state index in [1.54, 1.807) is 60.9 Å². The van der Waals surface area contributed by atoms with Crippen LogP contribution in [0.2, 0.25) is 10.0 Å². The third-order valence-electron chi connectivity index (χ3n) is 7.45. The maximum absolute atomic E-state index is 13.5. The molecule has 1 atom stereocenters. The number of hydrogen-bond acceptors (Lipinski definition) is 6. The summed E-state index contributed by atoms with van der Waals surface area (Å²) in [5.41, 5.74) is 1.32. The Balaban J connectivity index is 1.30. The number of carbonyl (C=O) groups excluding carboxylic acids is 2. The summed E-state index contributed by atoms with van der Waals surface area (Å²) in [4.78, 5) is 45.7. The SMILES string of the molecule is C[C@H](CC(=O)O)Oc1ccccc1-c1ccc(C(=O)N2CCC(N3C(=O)C(C)(C)Oc4ncc(Cl)cc43)CC2)c(Cl)c1. The normalized spacial score (nSPS) is 17.3. The van der Waals surface area contributed by atoms with E-state index >= 15 is 0 Å². The Morgan fingerprint density at radius 3 is 2.55 bits per heavy atom. The molecule has 2 aromatic carbocycles. The van der Waals surface area contributed by atoms with E-state index < -0.39 is 17.7 Å². The smallest absolute Gasteiger partial charge is 0.307 e. The standard InChI is InChI=1S/C31H31Cl2N3O6/c1-18(14-27(37)38)41-26-7-5-4-6-22(26)19-8-9-23(24(33)15-19)29(39)35-12-10-21(11-13-35)36-25-16-20(32)17-34-28(25)42-31(2,3)30(36)40/h4-9,15-18,21H,10-14H2,1-3H3,(H,37,38)/t18-/m1/s1. The summed E-state index contributed by atoms with van der Waals surface area (Å²) in [5.74, 6) is -0.422. The topological polar surface area (TPSA) is 109 Å². The Kier molecular flexibility index (Phi) is 8.35.